The van der Waals surface area contributed by atoms with Crippen molar-refractivity contribution in [2.75, 3.05) is 19.6 Å². The molecule has 0 spiro atoms. The third kappa shape index (κ3) is 4.75. The molecule has 1 atom stereocenters. The Morgan fingerprint density at radius 1 is 1.04 bits per heavy atom. The van der Waals surface area contributed by atoms with Crippen LogP contribution in [0.25, 0.3) is 22.3 Å². The lowest BCUT2D eigenvalue weighted by Crippen LogP contribution is -3.13. The van der Waals surface area contributed by atoms with Crippen molar-refractivity contribution in [2.45, 2.75) is 32.3 Å². The molecule has 0 aliphatic carbocycles. The number of likely N-dealkylation sites (tertiary alicyclic amines) is 1. The van der Waals surface area contributed by atoms with E-state index < -0.39 is 0 Å². The van der Waals surface area contributed by atoms with Crippen LogP contribution in [0.4, 0.5) is 0 Å². The zero-order valence-electron chi connectivity index (χ0n) is 16.1. The summed E-state index contributed by atoms with van der Waals surface area (Å²) in [5.74, 6) is 1.43. The fourth-order valence-electron chi connectivity index (χ4n) is 3.88. The highest BCUT2D eigenvalue weighted by Crippen LogP contribution is 2.24. The highest BCUT2D eigenvalue weighted by molar-refractivity contribution is 5.78. The van der Waals surface area contributed by atoms with Crippen LogP contribution in [0.15, 0.2) is 63.8 Å². The highest BCUT2D eigenvalue weighted by atomic mass is 35.5. The molecular formula is C23H26ClNO3. The number of ether oxygens (including phenoxy) is 1. The topological polar surface area (TPSA) is 43.9 Å². The van der Waals surface area contributed by atoms with Crippen LogP contribution in [0.2, 0.25) is 0 Å². The van der Waals surface area contributed by atoms with Crippen LogP contribution >= 0.6 is 0 Å². The van der Waals surface area contributed by atoms with E-state index in [1.807, 2.05) is 42.5 Å². The standard InChI is InChI=1S/C23H25NO3.ClH/c1-17(16-24-13-5-2-6-14-24)26-19-11-9-18(10-12-19)23-15-21(25)20-7-3-4-8-22(20)27-23;/h3-4,7-12,15,17H,2,5-6,13-14,16H2,1H3;1H. The Morgan fingerprint density at radius 3 is 2.50 bits per heavy atom. The Hall–Kier alpha value is -2.30. The van der Waals surface area contributed by atoms with E-state index in [1.54, 1.807) is 17.0 Å². The van der Waals surface area contributed by atoms with E-state index in [-0.39, 0.29) is 23.9 Å². The van der Waals surface area contributed by atoms with Gasteiger partial charge < -0.3 is 26.5 Å². The lowest BCUT2D eigenvalue weighted by atomic mass is 10.1. The van der Waals surface area contributed by atoms with Crippen LogP contribution in [0.1, 0.15) is 26.2 Å². The Kier molecular flexibility index (Phi) is 6.76. The van der Waals surface area contributed by atoms with Gasteiger partial charge in [-0.15, -0.1) is 0 Å². The average Bonchev–Trinajstić information content (AvgIpc) is 2.69. The molecule has 1 aromatic heterocycles. The molecule has 0 bridgehead atoms. The van der Waals surface area contributed by atoms with E-state index in [0.717, 1.165) is 17.9 Å². The molecule has 4 rings (SSSR count). The maximum absolute atomic E-state index is 12.3. The van der Waals surface area contributed by atoms with Gasteiger partial charge >= 0.3 is 0 Å². The van der Waals surface area contributed by atoms with Gasteiger partial charge in [0.05, 0.1) is 18.5 Å². The van der Waals surface area contributed by atoms with Gasteiger partial charge in [0.15, 0.2) is 5.43 Å². The minimum atomic E-state index is -0.0229. The normalized spacial score (nSPS) is 15.8. The van der Waals surface area contributed by atoms with Crippen molar-refractivity contribution in [1.82, 2.24) is 0 Å². The number of halogens is 1. The number of hydrogen-bond donors (Lipinski definition) is 1. The van der Waals surface area contributed by atoms with Gasteiger partial charge in [0.2, 0.25) is 0 Å². The van der Waals surface area contributed by atoms with Crippen molar-refractivity contribution >= 4 is 11.0 Å². The molecule has 1 fully saturated rings. The van der Waals surface area contributed by atoms with Gasteiger partial charge in [-0.05, 0) is 62.6 Å². The molecule has 2 aromatic carbocycles. The molecule has 28 heavy (non-hydrogen) atoms. The fourth-order valence-corrected chi connectivity index (χ4v) is 3.88. The van der Waals surface area contributed by atoms with Crippen LogP contribution in [0, 0.1) is 0 Å². The first-order valence-corrected chi connectivity index (χ1v) is 9.82. The third-order valence-electron chi connectivity index (χ3n) is 5.25. The molecule has 0 saturated carbocycles. The molecule has 1 N–H and O–H groups in total. The molecule has 2 heterocycles. The number of fused-ring (bicyclic) bond motifs is 1. The SMILES string of the molecule is CC(C[NH+]1CCCCC1)Oc1ccc(-c2cc(=O)c3ccccc3o2)cc1.[Cl-]. The Labute approximate surface area is 171 Å². The monoisotopic (exact) mass is 399 g/mol. The average molecular weight is 400 g/mol. The second kappa shape index (κ2) is 9.26. The molecule has 4 nitrogen and oxygen atoms in total. The van der Waals surface area contributed by atoms with Crippen molar-refractivity contribution in [1.29, 1.82) is 0 Å². The van der Waals surface area contributed by atoms with Crippen molar-refractivity contribution in [2.24, 2.45) is 0 Å². The van der Waals surface area contributed by atoms with Crippen LogP contribution in [0.5, 0.6) is 5.75 Å². The Bertz CT molecular complexity index is 961. The number of nitrogens with one attached hydrogen (secondary N) is 1. The number of para-hydroxylation sites is 1. The molecule has 5 heteroatoms. The number of benzene rings is 2. The van der Waals surface area contributed by atoms with Crippen molar-refractivity contribution in [3.63, 3.8) is 0 Å². The molecule has 1 unspecified atom stereocenters. The first kappa shape index (κ1) is 20.4. The maximum atomic E-state index is 12.3. The minimum Gasteiger partial charge on any atom is -1.00 e. The van der Waals surface area contributed by atoms with Crippen LogP contribution in [0.3, 0.4) is 0 Å². The van der Waals surface area contributed by atoms with E-state index in [1.165, 1.54) is 32.4 Å². The summed E-state index contributed by atoms with van der Waals surface area (Å²) in [7, 11) is 0. The first-order valence-electron chi connectivity index (χ1n) is 9.82. The van der Waals surface area contributed by atoms with Crippen molar-refractivity contribution in [3.05, 3.63) is 64.8 Å². The quantitative estimate of drug-likeness (QED) is 0.671. The molecule has 3 aromatic rings. The Morgan fingerprint density at radius 2 is 1.75 bits per heavy atom. The number of hydrogen-bond acceptors (Lipinski definition) is 3. The summed E-state index contributed by atoms with van der Waals surface area (Å²) >= 11 is 0. The molecule has 1 saturated heterocycles. The highest BCUT2D eigenvalue weighted by Gasteiger charge is 2.17. The summed E-state index contributed by atoms with van der Waals surface area (Å²) in [4.78, 5) is 13.9. The Balaban J connectivity index is 0.00000225. The summed E-state index contributed by atoms with van der Waals surface area (Å²) in [5, 5.41) is 0.607. The molecule has 148 valence electrons. The lowest BCUT2D eigenvalue weighted by Gasteiger charge is -2.26. The summed E-state index contributed by atoms with van der Waals surface area (Å²) in [6.07, 6.45) is 4.20. The summed E-state index contributed by atoms with van der Waals surface area (Å²) < 4.78 is 12.0. The van der Waals surface area contributed by atoms with Crippen LogP contribution < -0.4 is 27.5 Å². The fraction of sp³-hybridized carbons (Fsp3) is 0.348. The van der Waals surface area contributed by atoms with E-state index in [9.17, 15) is 4.79 Å². The summed E-state index contributed by atoms with van der Waals surface area (Å²) in [6.45, 7) is 5.69. The van der Waals surface area contributed by atoms with Crippen LogP contribution in [-0.2, 0) is 0 Å². The van der Waals surface area contributed by atoms with Gasteiger partial charge in [-0.1, -0.05) is 12.1 Å². The van der Waals surface area contributed by atoms with E-state index in [2.05, 4.69) is 6.92 Å². The number of rotatable bonds is 5. The zero-order chi connectivity index (χ0) is 18.6. The molecule has 1 aliphatic rings. The van der Waals surface area contributed by atoms with Gasteiger partial charge in [-0.3, -0.25) is 4.79 Å². The molecule has 1 aliphatic heterocycles. The first-order chi connectivity index (χ1) is 13.2. The third-order valence-corrected chi connectivity index (χ3v) is 5.25. The van der Waals surface area contributed by atoms with Crippen molar-refractivity contribution < 1.29 is 26.5 Å². The number of piperidine rings is 1. The van der Waals surface area contributed by atoms with Gasteiger partial charge in [0.25, 0.3) is 0 Å². The predicted molar refractivity (Wildman–Crippen MR) is 107 cm³/mol. The van der Waals surface area contributed by atoms with Crippen molar-refractivity contribution in [3.8, 4) is 17.1 Å². The van der Waals surface area contributed by atoms with Gasteiger partial charge in [0.1, 0.15) is 29.7 Å². The van der Waals surface area contributed by atoms with Gasteiger partial charge in [0, 0.05) is 11.6 Å². The van der Waals surface area contributed by atoms with Gasteiger partial charge in [-0.25, -0.2) is 0 Å². The lowest BCUT2D eigenvalue weighted by molar-refractivity contribution is -0.907. The largest absolute Gasteiger partial charge is 1.00 e. The minimum absolute atomic E-state index is 0. The molecule has 0 radical (unpaired) electrons. The number of quaternary nitrogens is 1. The maximum Gasteiger partial charge on any atom is 0.193 e. The van der Waals surface area contributed by atoms with Crippen LogP contribution in [-0.4, -0.2) is 25.7 Å². The second-order valence-corrected chi connectivity index (χ2v) is 7.44. The predicted octanol–water partition coefficient (Wildman–Crippen LogP) is 0.300. The summed E-state index contributed by atoms with van der Waals surface area (Å²) in [5.41, 5.74) is 1.46. The summed E-state index contributed by atoms with van der Waals surface area (Å²) in [6, 6.07) is 16.7. The second-order valence-electron chi connectivity index (χ2n) is 7.44. The van der Waals surface area contributed by atoms with E-state index in [4.69, 9.17) is 9.15 Å². The molecule has 0 amide bonds. The van der Waals surface area contributed by atoms with E-state index >= 15 is 0 Å². The van der Waals surface area contributed by atoms with Gasteiger partial charge in [-0.2, -0.15) is 0 Å². The zero-order valence-corrected chi connectivity index (χ0v) is 16.9. The molecular weight excluding hydrogens is 374 g/mol. The van der Waals surface area contributed by atoms with E-state index in [0.29, 0.717) is 16.7 Å². The smallest absolute Gasteiger partial charge is 0.193 e.